The molecule has 0 saturated heterocycles. The number of aliphatic carboxylic acids is 1. The maximum absolute atomic E-state index is 13.2. The molecule has 0 saturated carbocycles. The van der Waals surface area contributed by atoms with Crippen LogP contribution in [0.3, 0.4) is 0 Å². The average molecular weight is 452 g/mol. The summed E-state index contributed by atoms with van der Waals surface area (Å²) in [7, 11) is 0. The Labute approximate surface area is 197 Å². The molecule has 0 aliphatic heterocycles. The first-order chi connectivity index (χ1) is 16.1. The summed E-state index contributed by atoms with van der Waals surface area (Å²) in [6, 6.07) is 16.9. The third-order valence-electron chi connectivity index (χ3n) is 5.44. The Bertz CT molecular complexity index is 846. The fourth-order valence-electron chi connectivity index (χ4n) is 3.53. The molecule has 1 unspecified atom stereocenters. The van der Waals surface area contributed by atoms with Crippen molar-refractivity contribution in [1.82, 2.24) is 5.48 Å². The highest BCUT2D eigenvalue weighted by Gasteiger charge is 2.23. The predicted octanol–water partition coefficient (Wildman–Crippen LogP) is 6.76. The summed E-state index contributed by atoms with van der Waals surface area (Å²) in [6.45, 7) is 2.59. The van der Waals surface area contributed by atoms with E-state index in [1.54, 1.807) is 0 Å². The summed E-state index contributed by atoms with van der Waals surface area (Å²) >= 11 is 0. The summed E-state index contributed by atoms with van der Waals surface area (Å²) in [5, 5.41) is 8.75. The van der Waals surface area contributed by atoms with Crippen LogP contribution in [0.4, 0.5) is 0 Å². The molecule has 178 valence electrons. The molecule has 2 aromatic carbocycles. The van der Waals surface area contributed by atoms with Crippen LogP contribution >= 0.6 is 0 Å². The van der Waals surface area contributed by atoms with Gasteiger partial charge in [-0.2, -0.15) is 0 Å². The minimum atomic E-state index is -0.853. The van der Waals surface area contributed by atoms with E-state index in [2.05, 4.69) is 24.6 Å². The van der Waals surface area contributed by atoms with Gasteiger partial charge in [0.05, 0.1) is 0 Å². The highest BCUT2D eigenvalue weighted by Crippen LogP contribution is 2.22. The number of allylic oxidation sites excluding steroid dienone is 1. The summed E-state index contributed by atoms with van der Waals surface area (Å²) < 4.78 is 0. The number of unbranched alkanes of at least 4 members (excludes halogenated alkanes) is 6. The number of Topliss-reactive ketones (excluding diaryl/α,β-unsaturated/α-hetero) is 1. The second-order valence-corrected chi connectivity index (χ2v) is 8.25. The molecule has 0 bridgehead atoms. The molecule has 2 N–H and O–H groups in total. The Morgan fingerprint density at radius 3 is 2.33 bits per heavy atom. The molecule has 5 heteroatoms. The summed E-state index contributed by atoms with van der Waals surface area (Å²) in [5.74, 6) is -0.997. The zero-order valence-electron chi connectivity index (χ0n) is 19.7. The Morgan fingerprint density at radius 1 is 0.939 bits per heavy atom. The molecule has 0 radical (unpaired) electrons. The van der Waals surface area contributed by atoms with Crippen molar-refractivity contribution in [2.75, 3.05) is 6.54 Å². The number of ketones is 1. The topological polar surface area (TPSA) is 75.6 Å². The molecule has 5 nitrogen and oxygen atoms in total. The first-order valence-electron chi connectivity index (χ1n) is 12.1. The van der Waals surface area contributed by atoms with E-state index in [4.69, 9.17) is 9.94 Å². The normalized spacial score (nSPS) is 12.2. The Balaban J connectivity index is 1.90. The second kappa shape index (κ2) is 15.9. The quantitative estimate of drug-likeness (QED) is 0.158. The molecular formula is C28H37NO4. The SMILES string of the molecule is CCCCCCCCC=Cc1ccc(C(=O)C(ONCCCC(=O)O)c2ccccc2)cc1. The van der Waals surface area contributed by atoms with Gasteiger partial charge in [0.25, 0.3) is 0 Å². The highest BCUT2D eigenvalue weighted by molar-refractivity contribution is 6.00. The molecule has 0 aliphatic rings. The average Bonchev–Trinajstić information content (AvgIpc) is 2.83. The van der Waals surface area contributed by atoms with Crippen LogP contribution in [-0.2, 0) is 9.63 Å². The number of carboxylic acid groups (broad SMARTS) is 1. The lowest BCUT2D eigenvalue weighted by Crippen LogP contribution is -2.25. The van der Waals surface area contributed by atoms with Crippen LogP contribution in [0.25, 0.3) is 6.08 Å². The lowest BCUT2D eigenvalue weighted by Gasteiger charge is -2.17. The second-order valence-electron chi connectivity index (χ2n) is 8.25. The number of hydrogen-bond donors (Lipinski definition) is 2. The molecule has 0 aliphatic carbocycles. The Hall–Kier alpha value is -2.76. The summed E-state index contributed by atoms with van der Waals surface area (Å²) in [5.41, 5.74) is 5.15. The van der Waals surface area contributed by atoms with Crippen molar-refractivity contribution in [2.24, 2.45) is 0 Å². The molecule has 0 fully saturated rings. The fraction of sp³-hybridized carbons (Fsp3) is 0.429. The van der Waals surface area contributed by atoms with Gasteiger partial charge in [0.1, 0.15) is 0 Å². The van der Waals surface area contributed by atoms with Gasteiger partial charge in [-0.25, -0.2) is 5.48 Å². The largest absolute Gasteiger partial charge is 0.481 e. The van der Waals surface area contributed by atoms with Crippen LogP contribution in [0.15, 0.2) is 60.7 Å². The smallest absolute Gasteiger partial charge is 0.303 e. The van der Waals surface area contributed by atoms with Gasteiger partial charge in [0.15, 0.2) is 11.9 Å². The van der Waals surface area contributed by atoms with Crippen molar-refractivity contribution in [1.29, 1.82) is 0 Å². The molecule has 2 aromatic rings. The van der Waals surface area contributed by atoms with E-state index >= 15 is 0 Å². The molecule has 33 heavy (non-hydrogen) atoms. The molecule has 0 heterocycles. The van der Waals surface area contributed by atoms with Crippen LogP contribution in [-0.4, -0.2) is 23.4 Å². The summed E-state index contributed by atoms with van der Waals surface area (Å²) in [6.07, 6.45) is 12.8. The van der Waals surface area contributed by atoms with Gasteiger partial charge in [0, 0.05) is 18.5 Å². The van der Waals surface area contributed by atoms with Crippen LogP contribution in [0, 0.1) is 0 Å². The van der Waals surface area contributed by atoms with E-state index in [0.717, 1.165) is 17.5 Å². The molecule has 1 atom stereocenters. The first kappa shape index (κ1) is 26.5. The Kier molecular flexibility index (Phi) is 12.8. The number of nitrogens with one attached hydrogen (secondary N) is 1. The van der Waals surface area contributed by atoms with Gasteiger partial charge in [-0.15, -0.1) is 0 Å². The van der Waals surface area contributed by atoms with Crippen molar-refractivity contribution < 1.29 is 19.5 Å². The maximum atomic E-state index is 13.2. The van der Waals surface area contributed by atoms with Crippen molar-refractivity contribution in [3.63, 3.8) is 0 Å². The first-order valence-corrected chi connectivity index (χ1v) is 12.1. The van der Waals surface area contributed by atoms with E-state index < -0.39 is 12.1 Å². The Morgan fingerprint density at radius 2 is 1.64 bits per heavy atom. The van der Waals surface area contributed by atoms with Crippen LogP contribution < -0.4 is 5.48 Å². The lowest BCUT2D eigenvalue weighted by molar-refractivity contribution is -0.137. The van der Waals surface area contributed by atoms with Gasteiger partial charge >= 0.3 is 5.97 Å². The standard InChI is InChI=1S/C28H37NO4/c1-2-3-4-5-6-7-8-10-14-23-18-20-24(21-19-23)27(32)28(25-15-11-9-12-16-25)33-29-22-13-17-26(30)31/h9-12,14-16,18-21,28-29H,2-8,13,17,22H2,1H3,(H,30,31). The van der Waals surface area contributed by atoms with Crippen molar-refractivity contribution >= 4 is 17.8 Å². The van der Waals surface area contributed by atoms with Crippen molar-refractivity contribution in [3.8, 4) is 0 Å². The molecule has 0 spiro atoms. The monoisotopic (exact) mass is 451 g/mol. The van der Waals surface area contributed by atoms with Gasteiger partial charge in [-0.05, 0) is 30.4 Å². The molecular weight excluding hydrogens is 414 g/mol. The third-order valence-corrected chi connectivity index (χ3v) is 5.44. The zero-order chi connectivity index (χ0) is 23.7. The number of carboxylic acids is 1. The third kappa shape index (κ3) is 10.6. The van der Waals surface area contributed by atoms with Gasteiger partial charge in [0.2, 0.25) is 0 Å². The fourth-order valence-corrected chi connectivity index (χ4v) is 3.53. The van der Waals surface area contributed by atoms with E-state index in [9.17, 15) is 9.59 Å². The number of carbonyl (C=O) groups is 2. The lowest BCUT2D eigenvalue weighted by atomic mass is 9.99. The van der Waals surface area contributed by atoms with E-state index in [1.807, 2.05) is 54.6 Å². The van der Waals surface area contributed by atoms with Crippen molar-refractivity contribution in [2.45, 2.75) is 70.8 Å². The van der Waals surface area contributed by atoms with E-state index in [1.165, 1.54) is 38.5 Å². The minimum absolute atomic E-state index is 0.0497. The van der Waals surface area contributed by atoms with Crippen molar-refractivity contribution in [3.05, 3.63) is 77.4 Å². The predicted molar refractivity (Wildman–Crippen MR) is 133 cm³/mol. The van der Waals surface area contributed by atoms with E-state index in [-0.39, 0.29) is 12.2 Å². The van der Waals surface area contributed by atoms with Gasteiger partial charge < -0.3 is 5.11 Å². The van der Waals surface area contributed by atoms with Gasteiger partial charge in [-0.3, -0.25) is 14.4 Å². The highest BCUT2D eigenvalue weighted by atomic mass is 16.7. The maximum Gasteiger partial charge on any atom is 0.303 e. The van der Waals surface area contributed by atoms with Gasteiger partial charge in [-0.1, -0.05) is 106 Å². The van der Waals surface area contributed by atoms with E-state index in [0.29, 0.717) is 18.5 Å². The zero-order valence-corrected chi connectivity index (χ0v) is 19.7. The van der Waals surface area contributed by atoms with Crippen LogP contribution in [0.2, 0.25) is 0 Å². The number of hydroxylamine groups is 1. The molecule has 2 rings (SSSR count). The number of hydrogen-bond acceptors (Lipinski definition) is 4. The number of rotatable bonds is 17. The number of carbonyl (C=O) groups excluding carboxylic acids is 1. The van der Waals surface area contributed by atoms with Crippen LogP contribution in [0.5, 0.6) is 0 Å². The molecule has 0 aromatic heterocycles. The van der Waals surface area contributed by atoms with Crippen LogP contribution in [0.1, 0.15) is 92.3 Å². The minimum Gasteiger partial charge on any atom is -0.481 e. The number of benzene rings is 2. The molecule has 0 amide bonds. The summed E-state index contributed by atoms with van der Waals surface area (Å²) in [4.78, 5) is 29.5.